The lowest BCUT2D eigenvalue weighted by atomic mass is 10.1. The Bertz CT molecular complexity index is 649. The molecule has 1 aliphatic heterocycles. The highest BCUT2D eigenvalue weighted by molar-refractivity contribution is 8.04. The minimum Gasteiger partial charge on any atom is -0.354 e. The average Bonchev–Trinajstić information content (AvgIpc) is 2.83. The number of hydrogen-bond acceptors (Lipinski definition) is 4. The summed E-state index contributed by atoms with van der Waals surface area (Å²) in [6.45, 7) is 0. The summed E-state index contributed by atoms with van der Waals surface area (Å²) < 4.78 is 12.8. The summed E-state index contributed by atoms with van der Waals surface area (Å²) in [5, 5.41) is 13.7. The van der Waals surface area contributed by atoms with E-state index in [1.54, 1.807) is 18.2 Å². The molecule has 108 valence electrons. The van der Waals surface area contributed by atoms with Gasteiger partial charge in [-0.3, -0.25) is 9.59 Å². The molecule has 7 heteroatoms. The molecule has 0 spiro atoms. The molecule has 2 rings (SSSR count). The maximum absolute atomic E-state index is 12.8. The second-order valence-electron chi connectivity index (χ2n) is 4.32. The van der Waals surface area contributed by atoms with Crippen molar-refractivity contribution in [3.8, 4) is 6.07 Å². The summed E-state index contributed by atoms with van der Waals surface area (Å²) in [6.07, 6.45) is 0.396. The summed E-state index contributed by atoms with van der Waals surface area (Å²) in [5.74, 6) is -1.15. The normalized spacial score (nSPS) is 19.7. The van der Waals surface area contributed by atoms with Crippen molar-refractivity contribution in [2.45, 2.75) is 11.7 Å². The third kappa shape index (κ3) is 3.41. The number of hydrogen-bond donors (Lipinski definition) is 2. The molecule has 1 fully saturated rings. The number of nitrogens with zero attached hydrogens (tertiary/aromatic N) is 1. The molecule has 0 aliphatic carbocycles. The Balaban J connectivity index is 2.16. The summed E-state index contributed by atoms with van der Waals surface area (Å²) in [6, 6.07) is 7.66. The van der Waals surface area contributed by atoms with Gasteiger partial charge in [-0.2, -0.15) is 5.26 Å². The zero-order valence-corrected chi connectivity index (χ0v) is 12.0. The van der Waals surface area contributed by atoms with E-state index in [0.29, 0.717) is 6.42 Å². The predicted octanol–water partition coefficient (Wildman–Crippen LogP) is 1.08. The number of likely N-dealkylation sites (N-methyl/N-ethyl adjacent to an activating group) is 1. The Morgan fingerprint density at radius 2 is 2.14 bits per heavy atom. The van der Waals surface area contributed by atoms with Gasteiger partial charge in [-0.1, -0.05) is 23.9 Å². The number of rotatable bonds is 3. The van der Waals surface area contributed by atoms with Crippen LogP contribution in [-0.4, -0.2) is 24.1 Å². The molecule has 1 atom stereocenters. The molecule has 0 aromatic heterocycles. The number of halogens is 1. The van der Waals surface area contributed by atoms with E-state index in [4.69, 9.17) is 5.26 Å². The first-order chi connectivity index (χ1) is 10.0. The molecule has 0 radical (unpaired) electrons. The van der Waals surface area contributed by atoms with E-state index in [9.17, 15) is 14.0 Å². The SMILES string of the molecule is CNC(=O)/C(C#N)=C1/NC(=O)C(Cc2ccc(F)cc2)S1. The fourth-order valence-electron chi connectivity index (χ4n) is 1.84. The van der Waals surface area contributed by atoms with E-state index >= 15 is 0 Å². The van der Waals surface area contributed by atoms with Crippen molar-refractivity contribution >= 4 is 23.6 Å². The Morgan fingerprint density at radius 3 is 2.71 bits per heavy atom. The summed E-state index contributed by atoms with van der Waals surface area (Å²) in [4.78, 5) is 23.4. The van der Waals surface area contributed by atoms with Gasteiger partial charge < -0.3 is 10.6 Å². The van der Waals surface area contributed by atoms with Gasteiger partial charge in [-0.05, 0) is 24.1 Å². The van der Waals surface area contributed by atoms with Crippen LogP contribution < -0.4 is 10.6 Å². The largest absolute Gasteiger partial charge is 0.354 e. The van der Waals surface area contributed by atoms with E-state index in [2.05, 4.69) is 10.6 Å². The number of nitriles is 1. The fourth-order valence-corrected chi connectivity index (χ4v) is 2.98. The van der Waals surface area contributed by atoms with Crippen molar-refractivity contribution in [3.63, 3.8) is 0 Å². The smallest absolute Gasteiger partial charge is 0.264 e. The highest BCUT2D eigenvalue weighted by atomic mass is 32.2. The van der Waals surface area contributed by atoms with Crippen LogP contribution in [-0.2, 0) is 16.0 Å². The fraction of sp³-hybridized carbons (Fsp3) is 0.214. The summed E-state index contributed by atoms with van der Waals surface area (Å²) in [5.41, 5.74) is 0.696. The quantitative estimate of drug-likeness (QED) is 0.647. The molecule has 1 aromatic carbocycles. The topological polar surface area (TPSA) is 82.0 Å². The molecule has 2 amide bonds. The zero-order valence-electron chi connectivity index (χ0n) is 11.1. The summed E-state index contributed by atoms with van der Waals surface area (Å²) >= 11 is 1.14. The van der Waals surface area contributed by atoms with Gasteiger partial charge in [-0.15, -0.1) is 0 Å². The van der Waals surface area contributed by atoms with Crippen LogP contribution in [0.4, 0.5) is 4.39 Å². The monoisotopic (exact) mass is 305 g/mol. The molecule has 1 heterocycles. The average molecular weight is 305 g/mol. The van der Waals surface area contributed by atoms with Crippen LogP contribution in [0.1, 0.15) is 5.56 Å². The molecule has 0 bridgehead atoms. The number of nitrogens with one attached hydrogen (secondary N) is 2. The van der Waals surface area contributed by atoms with Crippen LogP contribution in [0.2, 0.25) is 0 Å². The number of carbonyl (C=O) groups excluding carboxylic acids is 2. The minimum absolute atomic E-state index is 0.113. The van der Waals surface area contributed by atoms with Gasteiger partial charge in [0.2, 0.25) is 5.91 Å². The van der Waals surface area contributed by atoms with Crippen molar-refractivity contribution in [2.75, 3.05) is 7.05 Å². The van der Waals surface area contributed by atoms with E-state index in [1.807, 2.05) is 0 Å². The molecule has 1 aliphatic rings. The molecule has 1 unspecified atom stereocenters. The zero-order chi connectivity index (χ0) is 15.4. The van der Waals surface area contributed by atoms with Gasteiger partial charge in [0.15, 0.2) is 0 Å². The third-order valence-corrected chi connectivity index (χ3v) is 4.12. The number of thioether (sulfide) groups is 1. The maximum Gasteiger partial charge on any atom is 0.264 e. The lowest BCUT2D eigenvalue weighted by molar-refractivity contribution is -0.119. The molecule has 2 N–H and O–H groups in total. The molecule has 1 saturated heterocycles. The van der Waals surface area contributed by atoms with E-state index < -0.39 is 11.2 Å². The van der Waals surface area contributed by atoms with Crippen molar-refractivity contribution in [2.24, 2.45) is 0 Å². The van der Waals surface area contributed by atoms with E-state index in [1.165, 1.54) is 19.2 Å². The first-order valence-corrected chi connectivity index (χ1v) is 7.01. The number of benzene rings is 1. The minimum atomic E-state index is -0.539. The lowest BCUT2D eigenvalue weighted by Crippen LogP contribution is -2.26. The standard InChI is InChI=1S/C14H12FN3O2S/c1-17-12(19)10(7-16)14-18-13(20)11(21-14)6-8-2-4-9(15)5-3-8/h2-5,11H,6H2,1H3,(H,17,19)(H,18,20)/b14-10-. The van der Waals surface area contributed by atoms with Gasteiger partial charge in [0.05, 0.1) is 10.3 Å². The Labute approximate surface area is 125 Å². The second-order valence-corrected chi connectivity index (χ2v) is 5.53. The number of amides is 2. The van der Waals surface area contributed by atoms with Gasteiger partial charge in [0.1, 0.15) is 17.5 Å². The van der Waals surface area contributed by atoms with Crippen LogP contribution in [0.25, 0.3) is 0 Å². The first kappa shape index (κ1) is 15.1. The Hall–Kier alpha value is -2.33. The molecular formula is C14H12FN3O2S. The van der Waals surface area contributed by atoms with Crippen LogP contribution in [0.5, 0.6) is 0 Å². The highest BCUT2D eigenvalue weighted by Crippen LogP contribution is 2.31. The van der Waals surface area contributed by atoms with Crippen LogP contribution in [0.15, 0.2) is 34.9 Å². The lowest BCUT2D eigenvalue weighted by Gasteiger charge is -2.05. The van der Waals surface area contributed by atoms with E-state index in [0.717, 1.165) is 17.3 Å². The number of carbonyl (C=O) groups is 2. The molecule has 21 heavy (non-hydrogen) atoms. The Morgan fingerprint density at radius 1 is 1.48 bits per heavy atom. The maximum atomic E-state index is 12.8. The van der Waals surface area contributed by atoms with Crippen molar-refractivity contribution in [1.82, 2.24) is 10.6 Å². The van der Waals surface area contributed by atoms with Crippen LogP contribution in [0, 0.1) is 17.1 Å². The van der Waals surface area contributed by atoms with E-state index in [-0.39, 0.29) is 22.3 Å². The summed E-state index contributed by atoms with van der Waals surface area (Å²) in [7, 11) is 1.41. The van der Waals surface area contributed by atoms with Crippen LogP contribution in [0.3, 0.4) is 0 Å². The van der Waals surface area contributed by atoms with Crippen molar-refractivity contribution < 1.29 is 14.0 Å². The molecule has 0 saturated carbocycles. The van der Waals surface area contributed by atoms with Gasteiger partial charge in [-0.25, -0.2) is 4.39 Å². The second kappa shape index (κ2) is 6.41. The van der Waals surface area contributed by atoms with Crippen molar-refractivity contribution in [3.05, 3.63) is 46.2 Å². The predicted molar refractivity (Wildman–Crippen MR) is 76.3 cm³/mol. The molecule has 1 aromatic rings. The highest BCUT2D eigenvalue weighted by Gasteiger charge is 2.32. The molecular weight excluding hydrogens is 293 g/mol. The first-order valence-electron chi connectivity index (χ1n) is 6.13. The van der Waals surface area contributed by atoms with Crippen LogP contribution >= 0.6 is 11.8 Å². The molecule has 5 nitrogen and oxygen atoms in total. The van der Waals surface area contributed by atoms with Gasteiger partial charge in [0, 0.05) is 7.05 Å². The van der Waals surface area contributed by atoms with Crippen molar-refractivity contribution in [1.29, 1.82) is 5.26 Å². The van der Waals surface area contributed by atoms with Gasteiger partial charge in [0.25, 0.3) is 5.91 Å². The third-order valence-electron chi connectivity index (χ3n) is 2.92. The Kier molecular flexibility index (Phi) is 4.60. The van der Waals surface area contributed by atoms with Gasteiger partial charge >= 0.3 is 0 Å².